The predicted molar refractivity (Wildman–Crippen MR) is 52.4 cm³/mol. The van der Waals surface area contributed by atoms with E-state index < -0.39 is 11.7 Å². The van der Waals surface area contributed by atoms with Gasteiger partial charge in [-0.15, -0.1) is 0 Å². The summed E-state index contributed by atoms with van der Waals surface area (Å²) in [4.78, 5) is 0. The fourth-order valence-corrected chi connectivity index (χ4v) is 1.18. The molecule has 1 nitrogen and oxygen atoms in total. The lowest BCUT2D eigenvalue weighted by Gasteiger charge is -2.09. The van der Waals surface area contributed by atoms with Crippen molar-refractivity contribution in [3.05, 3.63) is 34.3 Å². The van der Waals surface area contributed by atoms with Crippen LogP contribution in [-0.4, -0.2) is 6.54 Å². The standard InChI is InChI=1S/C10H7ClF3N/c11-8-4-3-7(2-1-5-15)9(6-8)10(12,13)14/h3-4,6H,5,15H2. The maximum absolute atomic E-state index is 12.5. The van der Waals surface area contributed by atoms with Crippen LogP contribution < -0.4 is 5.73 Å². The maximum Gasteiger partial charge on any atom is 0.417 e. The molecule has 2 N–H and O–H groups in total. The molecule has 0 amide bonds. The van der Waals surface area contributed by atoms with Crippen LogP contribution in [0, 0.1) is 11.8 Å². The van der Waals surface area contributed by atoms with E-state index in [0.29, 0.717) is 0 Å². The molecule has 0 aliphatic heterocycles. The molecule has 0 atom stereocenters. The Balaban J connectivity index is 3.27. The molecule has 0 bridgehead atoms. The molecule has 0 aromatic heterocycles. The molecule has 0 aliphatic carbocycles. The highest BCUT2D eigenvalue weighted by Gasteiger charge is 2.33. The number of alkyl halides is 3. The largest absolute Gasteiger partial charge is 0.417 e. The highest BCUT2D eigenvalue weighted by molar-refractivity contribution is 6.30. The van der Waals surface area contributed by atoms with Crippen LogP contribution in [0.15, 0.2) is 18.2 Å². The maximum atomic E-state index is 12.5. The molecule has 0 fully saturated rings. The highest BCUT2D eigenvalue weighted by atomic mass is 35.5. The van der Waals surface area contributed by atoms with Gasteiger partial charge in [-0.25, -0.2) is 0 Å². The topological polar surface area (TPSA) is 26.0 Å². The van der Waals surface area contributed by atoms with E-state index in [-0.39, 0.29) is 17.1 Å². The van der Waals surface area contributed by atoms with Gasteiger partial charge < -0.3 is 5.73 Å². The van der Waals surface area contributed by atoms with E-state index in [1.807, 2.05) is 0 Å². The summed E-state index contributed by atoms with van der Waals surface area (Å²) in [5.41, 5.74) is 4.13. The second-order valence-corrected chi connectivity index (χ2v) is 3.13. The van der Waals surface area contributed by atoms with Crippen molar-refractivity contribution >= 4 is 11.6 Å². The van der Waals surface area contributed by atoms with Crippen LogP contribution in [0.3, 0.4) is 0 Å². The zero-order chi connectivity index (χ0) is 11.5. The molecular formula is C10H7ClF3N. The first-order valence-electron chi connectivity index (χ1n) is 4.01. The molecule has 0 heterocycles. The van der Waals surface area contributed by atoms with E-state index in [1.54, 1.807) is 0 Å². The Morgan fingerprint density at radius 2 is 2.00 bits per heavy atom. The predicted octanol–water partition coefficient (Wildman–Crippen LogP) is 2.67. The molecule has 0 aliphatic rings. The van der Waals surface area contributed by atoms with Gasteiger partial charge in [0.25, 0.3) is 0 Å². The lowest BCUT2D eigenvalue weighted by Crippen LogP contribution is -2.07. The minimum Gasteiger partial charge on any atom is -0.320 e. The van der Waals surface area contributed by atoms with Crippen LogP contribution in [0.25, 0.3) is 0 Å². The summed E-state index contributed by atoms with van der Waals surface area (Å²) < 4.78 is 37.5. The quantitative estimate of drug-likeness (QED) is 0.685. The van der Waals surface area contributed by atoms with Gasteiger partial charge in [-0.05, 0) is 18.2 Å². The average molecular weight is 234 g/mol. The number of nitrogens with two attached hydrogens (primary N) is 1. The monoisotopic (exact) mass is 233 g/mol. The van der Waals surface area contributed by atoms with Gasteiger partial charge >= 0.3 is 6.18 Å². The summed E-state index contributed by atoms with van der Waals surface area (Å²) in [6.45, 7) is 0.0138. The molecule has 80 valence electrons. The summed E-state index contributed by atoms with van der Waals surface area (Å²) >= 11 is 5.48. The SMILES string of the molecule is NCC#Cc1ccc(Cl)cc1C(F)(F)F. The molecule has 0 unspecified atom stereocenters. The van der Waals surface area contributed by atoms with Crippen molar-refractivity contribution < 1.29 is 13.2 Å². The van der Waals surface area contributed by atoms with Crippen LogP contribution in [0.5, 0.6) is 0 Å². The molecule has 0 saturated carbocycles. The van der Waals surface area contributed by atoms with Crippen molar-refractivity contribution in [3.63, 3.8) is 0 Å². The Labute approximate surface area is 90.0 Å². The van der Waals surface area contributed by atoms with Gasteiger partial charge in [-0.1, -0.05) is 23.4 Å². The van der Waals surface area contributed by atoms with E-state index in [9.17, 15) is 13.2 Å². The van der Waals surface area contributed by atoms with E-state index in [2.05, 4.69) is 11.8 Å². The third-order valence-electron chi connectivity index (χ3n) is 1.61. The summed E-state index contributed by atoms with van der Waals surface area (Å²) in [6.07, 6.45) is -4.45. The van der Waals surface area contributed by atoms with Crippen LogP contribution >= 0.6 is 11.6 Å². The average Bonchev–Trinajstić information content (AvgIpc) is 2.14. The fraction of sp³-hybridized carbons (Fsp3) is 0.200. The third-order valence-corrected chi connectivity index (χ3v) is 1.85. The van der Waals surface area contributed by atoms with Crippen LogP contribution in [0.4, 0.5) is 13.2 Å². The molecule has 0 spiro atoms. The summed E-state index contributed by atoms with van der Waals surface area (Å²) in [5.74, 6) is 4.72. The number of hydrogen-bond donors (Lipinski definition) is 1. The summed E-state index contributed by atoms with van der Waals surface area (Å²) in [6, 6.07) is 3.44. The first-order chi connectivity index (χ1) is 6.95. The van der Waals surface area contributed by atoms with E-state index >= 15 is 0 Å². The Morgan fingerprint density at radius 1 is 1.33 bits per heavy atom. The first kappa shape index (κ1) is 11.9. The van der Waals surface area contributed by atoms with E-state index in [0.717, 1.165) is 6.07 Å². The van der Waals surface area contributed by atoms with Crippen LogP contribution in [0.1, 0.15) is 11.1 Å². The molecule has 1 aromatic rings. The molecule has 0 radical (unpaired) electrons. The normalized spacial score (nSPS) is 10.7. The Morgan fingerprint density at radius 3 is 2.53 bits per heavy atom. The second-order valence-electron chi connectivity index (χ2n) is 2.69. The van der Waals surface area contributed by atoms with Crippen molar-refractivity contribution in [3.8, 4) is 11.8 Å². The van der Waals surface area contributed by atoms with Crippen molar-refractivity contribution in [2.24, 2.45) is 5.73 Å². The smallest absolute Gasteiger partial charge is 0.320 e. The number of benzene rings is 1. The van der Waals surface area contributed by atoms with Gasteiger partial charge in [0.05, 0.1) is 12.1 Å². The van der Waals surface area contributed by atoms with Gasteiger partial charge in [0, 0.05) is 10.6 Å². The Hall–Kier alpha value is -1.18. The summed E-state index contributed by atoms with van der Waals surface area (Å²) in [5, 5.41) is 0.0284. The van der Waals surface area contributed by atoms with Crippen molar-refractivity contribution in [1.82, 2.24) is 0 Å². The zero-order valence-corrected chi connectivity index (χ0v) is 8.28. The van der Waals surface area contributed by atoms with E-state index in [1.165, 1.54) is 12.1 Å². The fourth-order valence-electron chi connectivity index (χ4n) is 1.01. The minimum atomic E-state index is -4.45. The van der Waals surface area contributed by atoms with Gasteiger partial charge in [-0.2, -0.15) is 13.2 Å². The van der Waals surface area contributed by atoms with Crippen molar-refractivity contribution in [1.29, 1.82) is 0 Å². The zero-order valence-electron chi connectivity index (χ0n) is 7.53. The van der Waals surface area contributed by atoms with Crippen LogP contribution in [-0.2, 0) is 6.18 Å². The molecule has 1 aromatic carbocycles. The molecule has 5 heteroatoms. The van der Waals surface area contributed by atoms with Gasteiger partial charge in [0.2, 0.25) is 0 Å². The third kappa shape index (κ3) is 3.15. The van der Waals surface area contributed by atoms with Gasteiger partial charge in [-0.3, -0.25) is 0 Å². The number of halogens is 4. The molecule has 0 saturated heterocycles. The Kier molecular flexibility index (Phi) is 3.61. The Bertz CT molecular complexity index is 415. The van der Waals surface area contributed by atoms with Gasteiger partial charge in [0.1, 0.15) is 0 Å². The van der Waals surface area contributed by atoms with Crippen molar-refractivity contribution in [2.45, 2.75) is 6.18 Å². The molecule has 15 heavy (non-hydrogen) atoms. The molecule has 1 rings (SSSR count). The minimum absolute atomic E-state index is 0.0138. The number of hydrogen-bond acceptors (Lipinski definition) is 1. The van der Waals surface area contributed by atoms with E-state index in [4.69, 9.17) is 17.3 Å². The van der Waals surface area contributed by atoms with Gasteiger partial charge in [0.15, 0.2) is 0 Å². The lowest BCUT2D eigenvalue weighted by molar-refractivity contribution is -0.137. The van der Waals surface area contributed by atoms with Crippen molar-refractivity contribution in [2.75, 3.05) is 6.54 Å². The number of rotatable bonds is 0. The first-order valence-corrected chi connectivity index (χ1v) is 4.38. The molecular weight excluding hydrogens is 227 g/mol. The summed E-state index contributed by atoms with van der Waals surface area (Å²) in [7, 11) is 0. The van der Waals surface area contributed by atoms with Crippen LogP contribution in [0.2, 0.25) is 5.02 Å². The lowest BCUT2D eigenvalue weighted by atomic mass is 10.1. The second kappa shape index (κ2) is 4.56. The highest BCUT2D eigenvalue weighted by Crippen LogP contribution is 2.33.